The summed E-state index contributed by atoms with van der Waals surface area (Å²) in [6, 6.07) is 14.1. The Hall–Kier alpha value is -1.83. The zero-order valence-electron chi connectivity index (χ0n) is 10.8. The van der Waals surface area contributed by atoms with Crippen LogP contribution in [0.5, 0.6) is 5.75 Å². The predicted octanol–water partition coefficient (Wildman–Crippen LogP) is 4.04. The third-order valence-electron chi connectivity index (χ3n) is 3.07. The largest absolute Gasteiger partial charge is 0.494 e. The zero-order valence-corrected chi connectivity index (χ0v) is 10.8. The smallest absolute Gasteiger partial charge is 0.119 e. The van der Waals surface area contributed by atoms with Crippen LogP contribution in [0.2, 0.25) is 0 Å². The molecular formula is C16H19NO. The van der Waals surface area contributed by atoms with E-state index < -0.39 is 0 Å². The second-order valence-corrected chi connectivity index (χ2v) is 4.49. The molecule has 1 heterocycles. The van der Waals surface area contributed by atoms with Gasteiger partial charge in [-0.2, -0.15) is 0 Å². The zero-order chi connectivity index (χ0) is 12.6. The molecule has 94 valence electrons. The van der Waals surface area contributed by atoms with Crippen molar-refractivity contribution in [2.45, 2.75) is 25.7 Å². The van der Waals surface area contributed by atoms with Crippen molar-refractivity contribution in [3.8, 4) is 5.75 Å². The summed E-state index contributed by atoms with van der Waals surface area (Å²) in [5.74, 6) is 1.52. The summed E-state index contributed by atoms with van der Waals surface area (Å²) in [5.41, 5.74) is 1.35. The molecule has 18 heavy (non-hydrogen) atoms. The van der Waals surface area contributed by atoms with E-state index in [0.717, 1.165) is 25.2 Å². The SMILES string of the molecule is CC(CCCOc1ccccc1)c1ccncc1. The molecule has 0 aliphatic heterocycles. The first-order chi connectivity index (χ1) is 8.86. The molecule has 1 atom stereocenters. The molecule has 0 saturated carbocycles. The first kappa shape index (κ1) is 12.6. The molecule has 2 nitrogen and oxygen atoms in total. The molecule has 0 fully saturated rings. The topological polar surface area (TPSA) is 22.1 Å². The number of hydrogen-bond acceptors (Lipinski definition) is 2. The highest BCUT2D eigenvalue weighted by Gasteiger charge is 2.04. The van der Waals surface area contributed by atoms with E-state index in [1.807, 2.05) is 42.7 Å². The van der Waals surface area contributed by atoms with Gasteiger partial charge >= 0.3 is 0 Å². The van der Waals surface area contributed by atoms with Crippen LogP contribution < -0.4 is 4.74 Å². The Kier molecular flexibility index (Phi) is 4.77. The summed E-state index contributed by atoms with van der Waals surface area (Å²) in [6.07, 6.45) is 5.91. The van der Waals surface area contributed by atoms with Crippen molar-refractivity contribution in [1.82, 2.24) is 4.98 Å². The average Bonchev–Trinajstić information content (AvgIpc) is 2.45. The van der Waals surface area contributed by atoms with Crippen molar-refractivity contribution in [2.24, 2.45) is 0 Å². The van der Waals surface area contributed by atoms with Gasteiger partial charge in [0.1, 0.15) is 5.75 Å². The van der Waals surface area contributed by atoms with Crippen LogP contribution in [0.15, 0.2) is 54.9 Å². The Morgan fingerprint density at radius 2 is 1.78 bits per heavy atom. The highest BCUT2D eigenvalue weighted by molar-refractivity contribution is 5.20. The highest BCUT2D eigenvalue weighted by Crippen LogP contribution is 2.19. The van der Waals surface area contributed by atoms with E-state index in [9.17, 15) is 0 Å². The number of aromatic nitrogens is 1. The predicted molar refractivity (Wildman–Crippen MR) is 73.8 cm³/mol. The molecule has 0 aliphatic rings. The lowest BCUT2D eigenvalue weighted by molar-refractivity contribution is 0.303. The van der Waals surface area contributed by atoms with E-state index in [4.69, 9.17) is 4.74 Å². The molecule has 0 amide bonds. The summed E-state index contributed by atoms with van der Waals surface area (Å²) in [6.45, 7) is 3.03. The fourth-order valence-electron chi connectivity index (χ4n) is 1.95. The van der Waals surface area contributed by atoms with Gasteiger partial charge < -0.3 is 4.74 Å². The molecule has 1 aromatic carbocycles. The number of rotatable bonds is 6. The van der Waals surface area contributed by atoms with E-state index >= 15 is 0 Å². The van der Waals surface area contributed by atoms with E-state index in [-0.39, 0.29) is 0 Å². The Morgan fingerprint density at radius 3 is 2.50 bits per heavy atom. The fourth-order valence-corrected chi connectivity index (χ4v) is 1.95. The van der Waals surface area contributed by atoms with Crippen molar-refractivity contribution in [2.75, 3.05) is 6.61 Å². The van der Waals surface area contributed by atoms with E-state index in [2.05, 4.69) is 24.0 Å². The van der Waals surface area contributed by atoms with Crippen LogP contribution in [-0.4, -0.2) is 11.6 Å². The minimum atomic E-state index is 0.562. The van der Waals surface area contributed by atoms with Crippen molar-refractivity contribution in [3.63, 3.8) is 0 Å². The van der Waals surface area contributed by atoms with Crippen LogP contribution in [-0.2, 0) is 0 Å². The average molecular weight is 241 g/mol. The number of pyridine rings is 1. The Labute approximate surface area is 109 Å². The van der Waals surface area contributed by atoms with Crippen LogP contribution in [0.4, 0.5) is 0 Å². The van der Waals surface area contributed by atoms with Gasteiger partial charge in [0.05, 0.1) is 6.61 Å². The number of benzene rings is 1. The Morgan fingerprint density at radius 1 is 1.06 bits per heavy atom. The van der Waals surface area contributed by atoms with Gasteiger partial charge in [-0.25, -0.2) is 0 Å². The minimum Gasteiger partial charge on any atom is -0.494 e. The monoisotopic (exact) mass is 241 g/mol. The maximum absolute atomic E-state index is 5.68. The van der Waals surface area contributed by atoms with Crippen LogP contribution in [0.25, 0.3) is 0 Å². The van der Waals surface area contributed by atoms with Gasteiger partial charge in [-0.05, 0) is 48.6 Å². The van der Waals surface area contributed by atoms with Crippen LogP contribution in [0, 0.1) is 0 Å². The molecule has 1 unspecified atom stereocenters. The summed E-state index contributed by atoms with van der Waals surface area (Å²) in [4.78, 5) is 4.04. The third-order valence-corrected chi connectivity index (χ3v) is 3.07. The summed E-state index contributed by atoms with van der Waals surface area (Å²) in [7, 11) is 0. The minimum absolute atomic E-state index is 0.562. The number of ether oxygens (including phenoxy) is 1. The van der Waals surface area contributed by atoms with Crippen LogP contribution in [0.3, 0.4) is 0 Å². The van der Waals surface area contributed by atoms with E-state index in [1.54, 1.807) is 0 Å². The number of hydrogen-bond donors (Lipinski definition) is 0. The third kappa shape index (κ3) is 3.88. The molecule has 2 heteroatoms. The van der Waals surface area contributed by atoms with Crippen LogP contribution in [0.1, 0.15) is 31.2 Å². The summed E-state index contributed by atoms with van der Waals surface area (Å²) < 4.78 is 5.68. The maximum atomic E-state index is 5.68. The van der Waals surface area contributed by atoms with Gasteiger partial charge in [-0.3, -0.25) is 4.98 Å². The quantitative estimate of drug-likeness (QED) is 0.712. The van der Waals surface area contributed by atoms with Gasteiger partial charge in [-0.1, -0.05) is 25.1 Å². The number of para-hydroxylation sites is 1. The van der Waals surface area contributed by atoms with Crippen molar-refractivity contribution in [1.29, 1.82) is 0 Å². The Bertz CT molecular complexity index is 441. The molecule has 0 spiro atoms. The maximum Gasteiger partial charge on any atom is 0.119 e. The van der Waals surface area contributed by atoms with Gasteiger partial charge in [0.25, 0.3) is 0 Å². The second kappa shape index (κ2) is 6.80. The lowest BCUT2D eigenvalue weighted by Gasteiger charge is -2.11. The number of nitrogens with zero attached hydrogens (tertiary/aromatic N) is 1. The molecular weight excluding hydrogens is 222 g/mol. The highest BCUT2D eigenvalue weighted by atomic mass is 16.5. The van der Waals surface area contributed by atoms with Gasteiger partial charge in [0, 0.05) is 12.4 Å². The van der Waals surface area contributed by atoms with Crippen LogP contribution >= 0.6 is 0 Å². The van der Waals surface area contributed by atoms with Gasteiger partial charge in [-0.15, -0.1) is 0 Å². The Balaban J connectivity index is 1.70. The molecule has 0 radical (unpaired) electrons. The first-order valence-electron chi connectivity index (χ1n) is 6.44. The normalized spacial score (nSPS) is 12.1. The second-order valence-electron chi connectivity index (χ2n) is 4.49. The molecule has 0 aliphatic carbocycles. The van der Waals surface area contributed by atoms with Crippen molar-refractivity contribution < 1.29 is 4.74 Å². The lowest BCUT2D eigenvalue weighted by Crippen LogP contribution is -2.01. The van der Waals surface area contributed by atoms with Crippen molar-refractivity contribution in [3.05, 3.63) is 60.4 Å². The van der Waals surface area contributed by atoms with Gasteiger partial charge in [0.2, 0.25) is 0 Å². The summed E-state index contributed by atoms with van der Waals surface area (Å²) >= 11 is 0. The molecule has 1 aromatic heterocycles. The molecule has 0 N–H and O–H groups in total. The van der Waals surface area contributed by atoms with E-state index in [1.165, 1.54) is 5.56 Å². The van der Waals surface area contributed by atoms with Crippen molar-refractivity contribution >= 4 is 0 Å². The summed E-state index contributed by atoms with van der Waals surface area (Å²) in [5, 5.41) is 0. The first-order valence-corrected chi connectivity index (χ1v) is 6.44. The fraction of sp³-hybridized carbons (Fsp3) is 0.312. The van der Waals surface area contributed by atoms with Gasteiger partial charge in [0.15, 0.2) is 0 Å². The standard InChI is InChI=1S/C16H19NO/c1-14(15-9-11-17-12-10-15)6-5-13-18-16-7-3-2-4-8-16/h2-4,7-12,14H,5-6,13H2,1H3. The molecule has 0 saturated heterocycles. The lowest BCUT2D eigenvalue weighted by atomic mass is 9.98. The molecule has 0 bridgehead atoms. The van der Waals surface area contributed by atoms with E-state index in [0.29, 0.717) is 5.92 Å². The molecule has 2 aromatic rings. The molecule has 2 rings (SSSR count).